The number of hydrogen-bond donors (Lipinski definition) is 2. The van der Waals surface area contributed by atoms with E-state index in [0.717, 1.165) is 24.8 Å². The standard InChI is InChI=1S/C22H28O8/c1-12-20(8-15(14-5-7-26-9-14)30-18(20)29-13(2)23)16-4-3-6-19(10-27-19)21(16)11-28-22(12,25)17(21)24/h5,7,9,12,15-18,24-25H,3-4,6,8,10-11H2,1-2H3/t12-,15+,16-,17-,18-,19+,20-,21+,22+/m1/s1. The first-order valence-corrected chi connectivity index (χ1v) is 10.8. The summed E-state index contributed by atoms with van der Waals surface area (Å²) < 4.78 is 29.3. The highest BCUT2D eigenvalue weighted by atomic mass is 16.7. The predicted molar refractivity (Wildman–Crippen MR) is 99.7 cm³/mol. The van der Waals surface area contributed by atoms with Gasteiger partial charge in [-0.25, -0.2) is 0 Å². The Bertz CT molecular complexity index is 864. The maximum Gasteiger partial charge on any atom is 0.304 e. The SMILES string of the molecule is CC(=O)O[C@@H]1O[C@H](c2ccoc2)C[C@@]12[C@H]1CCC[C@]3(CO3)[C@@]13CO[C@@](O)([C@@H]2C)[C@@H]3O. The molecule has 3 saturated heterocycles. The number of hydrogen-bond acceptors (Lipinski definition) is 8. The molecule has 6 rings (SSSR count). The summed E-state index contributed by atoms with van der Waals surface area (Å²) in [6.07, 6.45) is 4.09. The van der Waals surface area contributed by atoms with Crippen LogP contribution in [0.1, 0.15) is 51.2 Å². The summed E-state index contributed by atoms with van der Waals surface area (Å²) in [5.74, 6) is -2.79. The van der Waals surface area contributed by atoms with Crippen molar-refractivity contribution in [2.75, 3.05) is 13.2 Å². The molecular formula is C22H28O8. The van der Waals surface area contributed by atoms with Crippen molar-refractivity contribution in [1.82, 2.24) is 0 Å². The van der Waals surface area contributed by atoms with Crippen LogP contribution in [-0.4, -0.2) is 53.2 Å². The molecule has 8 nitrogen and oxygen atoms in total. The molecule has 3 aliphatic heterocycles. The summed E-state index contributed by atoms with van der Waals surface area (Å²) in [4.78, 5) is 12.1. The predicted octanol–water partition coefficient (Wildman–Crippen LogP) is 1.90. The van der Waals surface area contributed by atoms with E-state index >= 15 is 0 Å². The third-order valence-corrected chi connectivity index (χ3v) is 8.99. The summed E-state index contributed by atoms with van der Waals surface area (Å²) in [5, 5.41) is 23.0. The monoisotopic (exact) mass is 420 g/mol. The van der Waals surface area contributed by atoms with Gasteiger partial charge in [0.1, 0.15) is 11.7 Å². The van der Waals surface area contributed by atoms with Gasteiger partial charge in [-0.3, -0.25) is 4.79 Å². The molecule has 5 aliphatic rings. The number of fused-ring (bicyclic) bond motifs is 2. The Labute approximate surface area is 174 Å². The van der Waals surface area contributed by atoms with Crippen LogP contribution in [0.3, 0.4) is 0 Å². The number of rotatable bonds is 2. The van der Waals surface area contributed by atoms with E-state index in [1.54, 1.807) is 12.5 Å². The zero-order valence-corrected chi connectivity index (χ0v) is 17.2. The molecule has 0 amide bonds. The maximum absolute atomic E-state index is 12.1. The van der Waals surface area contributed by atoms with Crippen molar-refractivity contribution in [3.8, 4) is 0 Å². The second-order valence-corrected chi connectivity index (χ2v) is 9.87. The molecule has 0 unspecified atom stereocenters. The zero-order chi connectivity index (χ0) is 20.9. The molecule has 2 aliphatic carbocycles. The normalized spacial score (nSPS) is 53.8. The molecule has 9 atom stereocenters. The van der Waals surface area contributed by atoms with Crippen molar-refractivity contribution < 1.29 is 38.4 Å². The van der Waals surface area contributed by atoms with E-state index in [1.807, 2.05) is 13.0 Å². The maximum atomic E-state index is 12.1. The Morgan fingerprint density at radius 2 is 2.10 bits per heavy atom. The Balaban J connectivity index is 1.53. The van der Waals surface area contributed by atoms with Gasteiger partial charge in [0.2, 0.25) is 6.29 Å². The van der Waals surface area contributed by atoms with Gasteiger partial charge in [0.15, 0.2) is 5.79 Å². The summed E-state index contributed by atoms with van der Waals surface area (Å²) in [6.45, 7) is 4.02. The van der Waals surface area contributed by atoms with Gasteiger partial charge in [0.25, 0.3) is 0 Å². The molecule has 5 fully saturated rings. The molecule has 164 valence electrons. The largest absolute Gasteiger partial charge is 0.472 e. The van der Waals surface area contributed by atoms with E-state index in [0.29, 0.717) is 13.0 Å². The molecule has 1 aromatic heterocycles. The van der Waals surface area contributed by atoms with Crippen LogP contribution in [0, 0.1) is 22.7 Å². The third kappa shape index (κ3) is 2.02. The molecule has 0 aromatic carbocycles. The number of esters is 1. The molecule has 30 heavy (non-hydrogen) atoms. The first kappa shape index (κ1) is 19.3. The average molecular weight is 420 g/mol. The lowest BCUT2D eigenvalue weighted by molar-refractivity contribution is -0.326. The molecule has 1 aromatic rings. The van der Waals surface area contributed by atoms with Crippen molar-refractivity contribution in [3.05, 3.63) is 24.2 Å². The van der Waals surface area contributed by atoms with Crippen molar-refractivity contribution in [2.24, 2.45) is 22.7 Å². The van der Waals surface area contributed by atoms with E-state index in [-0.39, 0.29) is 18.6 Å². The molecule has 2 saturated carbocycles. The summed E-state index contributed by atoms with van der Waals surface area (Å²) in [6, 6.07) is 1.85. The van der Waals surface area contributed by atoms with Crippen LogP contribution in [0.25, 0.3) is 0 Å². The van der Waals surface area contributed by atoms with Crippen molar-refractivity contribution in [1.29, 1.82) is 0 Å². The highest BCUT2D eigenvalue weighted by Gasteiger charge is 2.85. The minimum absolute atomic E-state index is 0.0877. The topological polar surface area (TPSA) is 111 Å². The zero-order valence-electron chi connectivity index (χ0n) is 17.2. The second-order valence-electron chi connectivity index (χ2n) is 9.87. The van der Waals surface area contributed by atoms with Gasteiger partial charge in [-0.2, -0.15) is 0 Å². The van der Waals surface area contributed by atoms with Crippen LogP contribution in [0.5, 0.6) is 0 Å². The fourth-order valence-electron chi connectivity index (χ4n) is 7.50. The number of furan rings is 1. The summed E-state index contributed by atoms with van der Waals surface area (Å²) in [5.41, 5.74) is -1.11. The number of aliphatic hydroxyl groups excluding tert-OH is 1. The number of aliphatic hydroxyl groups is 2. The lowest BCUT2D eigenvalue weighted by atomic mass is 9.42. The molecule has 2 bridgehead atoms. The van der Waals surface area contributed by atoms with Crippen LogP contribution < -0.4 is 0 Å². The van der Waals surface area contributed by atoms with Gasteiger partial charge < -0.3 is 33.6 Å². The number of epoxide rings is 1. The Morgan fingerprint density at radius 3 is 2.77 bits per heavy atom. The molecule has 2 N–H and O–H groups in total. The van der Waals surface area contributed by atoms with Crippen molar-refractivity contribution in [3.63, 3.8) is 0 Å². The van der Waals surface area contributed by atoms with Crippen LogP contribution in [-0.2, 0) is 23.7 Å². The average Bonchev–Trinajstić information content (AvgIpc) is 3.07. The first-order chi connectivity index (χ1) is 14.3. The minimum atomic E-state index is -1.75. The first-order valence-electron chi connectivity index (χ1n) is 10.8. The molecule has 4 heterocycles. The summed E-state index contributed by atoms with van der Waals surface area (Å²) in [7, 11) is 0. The van der Waals surface area contributed by atoms with Gasteiger partial charge in [-0.05, 0) is 31.2 Å². The van der Waals surface area contributed by atoms with Crippen LogP contribution in [0.4, 0.5) is 0 Å². The molecule has 8 heteroatoms. The van der Waals surface area contributed by atoms with Crippen molar-refractivity contribution >= 4 is 5.97 Å². The fourth-order valence-corrected chi connectivity index (χ4v) is 7.50. The van der Waals surface area contributed by atoms with E-state index < -0.39 is 46.5 Å². The third-order valence-electron chi connectivity index (χ3n) is 8.99. The summed E-state index contributed by atoms with van der Waals surface area (Å²) >= 11 is 0. The quantitative estimate of drug-likeness (QED) is 0.551. The van der Waals surface area contributed by atoms with Gasteiger partial charge in [0, 0.05) is 23.8 Å². The van der Waals surface area contributed by atoms with E-state index in [2.05, 4.69) is 0 Å². The highest BCUT2D eigenvalue weighted by Crippen LogP contribution is 2.76. The smallest absolute Gasteiger partial charge is 0.304 e. The Morgan fingerprint density at radius 1 is 1.30 bits per heavy atom. The van der Waals surface area contributed by atoms with Crippen LogP contribution >= 0.6 is 0 Å². The van der Waals surface area contributed by atoms with Crippen LogP contribution in [0.15, 0.2) is 23.0 Å². The molecular weight excluding hydrogens is 392 g/mol. The number of ether oxygens (including phenoxy) is 4. The second kappa shape index (κ2) is 5.86. The Kier molecular flexibility index (Phi) is 3.76. The molecule has 3 spiro atoms. The minimum Gasteiger partial charge on any atom is -0.472 e. The van der Waals surface area contributed by atoms with Crippen LogP contribution in [0.2, 0.25) is 0 Å². The van der Waals surface area contributed by atoms with Gasteiger partial charge in [0.05, 0.1) is 37.3 Å². The lowest BCUT2D eigenvalue weighted by Gasteiger charge is -2.62. The Hall–Kier alpha value is -1.45. The van der Waals surface area contributed by atoms with Gasteiger partial charge in [-0.15, -0.1) is 0 Å². The highest BCUT2D eigenvalue weighted by molar-refractivity contribution is 5.66. The fraction of sp³-hybridized carbons (Fsp3) is 0.773. The number of carbonyl (C=O) groups is 1. The van der Waals surface area contributed by atoms with Gasteiger partial charge in [-0.1, -0.05) is 13.3 Å². The van der Waals surface area contributed by atoms with E-state index in [1.165, 1.54) is 6.92 Å². The van der Waals surface area contributed by atoms with Gasteiger partial charge >= 0.3 is 5.97 Å². The lowest BCUT2D eigenvalue weighted by Crippen LogP contribution is -2.72. The molecule has 0 radical (unpaired) electrons. The van der Waals surface area contributed by atoms with E-state index in [9.17, 15) is 15.0 Å². The van der Waals surface area contributed by atoms with Crippen molar-refractivity contribution in [2.45, 2.75) is 69.4 Å². The van der Waals surface area contributed by atoms with E-state index in [4.69, 9.17) is 23.4 Å². The number of carbonyl (C=O) groups excluding carboxylic acids is 1.